The number of ketones is 1. The Bertz CT molecular complexity index is 587. The van der Waals surface area contributed by atoms with Crippen LogP contribution >= 0.6 is 0 Å². The summed E-state index contributed by atoms with van der Waals surface area (Å²) >= 11 is 0. The van der Waals surface area contributed by atoms with Gasteiger partial charge in [-0.05, 0) is 18.4 Å². The van der Waals surface area contributed by atoms with Gasteiger partial charge < -0.3 is 9.94 Å². The molecule has 1 aromatic rings. The van der Waals surface area contributed by atoms with Gasteiger partial charge in [-0.2, -0.15) is 0 Å². The van der Waals surface area contributed by atoms with Crippen LogP contribution in [-0.2, 0) is 9.63 Å². The fourth-order valence-corrected chi connectivity index (χ4v) is 2.50. The molecule has 0 aromatic heterocycles. The summed E-state index contributed by atoms with van der Waals surface area (Å²) in [5.74, 6) is 0.00366. The highest BCUT2D eigenvalue weighted by Crippen LogP contribution is 2.33. The molecule has 1 atom stereocenters. The van der Waals surface area contributed by atoms with Crippen molar-refractivity contribution in [3.05, 3.63) is 59.9 Å². The lowest BCUT2D eigenvalue weighted by Crippen LogP contribution is -2.22. The molecule has 0 bridgehead atoms. The summed E-state index contributed by atoms with van der Waals surface area (Å²) < 4.78 is 0. The summed E-state index contributed by atoms with van der Waals surface area (Å²) in [5.41, 5.74) is 1.76. The number of oxime groups is 1. The van der Waals surface area contributed by atoms with Crippen LogP contribution in [0.4, 0.5) is 0 Å². The molecular weight excluding hydrogens is 266 g/mol. The van der Waals surface area contributed by atoms with Gasteiger partial charge in [-0.1, -0.05) is 48.1 Å². The molecule has 1 aliphatic rings. The van der Waals surface area contributed by atoms with Crippen molar-refractivity contribution in [1.82, 2.24) is 0 Å². The molecule has 4 nitrogen and oxygen atoms in total. The Morgan fingerprint density at radius 3 is 2.76 bits per heavy atom. The molecule has 1 N–H and O–H groups in total. The van der Waals surface area contributed by atoms with Gasteiger partial charge >= 0.3 is 0 Å². The number of nitrogens with zero attached hydrogens (tertiary/aromatic N) is 1. The van der Waals surface area contributed by atoms with E-state index in [4.69, 9.17) is 4.84 Å². The van der Waals surface area contributed by atoms with Gasteiger partial charge in [-0.25, -0.2) is 0 Å². The van der Waals surface area contributed by atoms with Crippen LogP contribution < -0.4 is 0 Å². The normalized spacial score (nSPS) is 19.6. The molecule has 1 aromatic carbocycles. The van der Waals surface area contributed by atoms with Crippen LogP contribution in [0.2, 0.25) is 0 Å². The van der Waals surface area contributed by atoms with E-state index in [1.165, 1.54) is 0 Å². The Kier molecular flexibility index (Phi) is 4.93. The number of carbonyl (C=O) groups is 1. The van der Waals surface area contributed by atoms with E-state index in [-0.39, 0.29) is 29.6 Å². The van der Waals surface area contributed by atoms with Crippen LogP contribution in [0.3, 0.4) is 0 Å². The zero-order chi connectivity index (χ0) is 15.2. The molecule has 0 saturated heterocycles. The van der Waals surface area contributed by atoms with Crippen molar-refractivity contribution in [2.75, 3.05) is 6.61 Å². The minimum absolute atomic E-state index is 0.0179. The number of hydrogen-bond acceptors (Lipinski definition) is 4. The topological polar surface area (TPSA) is 58.9 Å². The Balaban J connectivity index is 2.19. The van der Waals surface area contributed by atoms with Crippen molar-refractivity contribution in [1.29, 1.82) is 0 Å². The van der Waals surface area contributed by atoms with Gasteiger partial charge in [-0.3, -0.25) is 4.79 Å². The molecule has 21 heavy (non-hydrogen) atoms. The highest BCUT2D eigenvalue weighted by molar-refractivity contribution is 6.22. The summed E-state index contributed by atoms with van der Waals surface area (Å²) in [6.45, 7) is 5.45. The predicted molar refractivity (Wildman–Crippen MR) is 82.3 cm³/mol. The van der Waals surface area contributed by atoms with E-state index in [0.717, 1.165) is 5.56 Å². The zero-order valence-electron chi connectivity index (χ0n) is 12.1. The molecule has 0 fully saturated rings. The van der Waals surface area contributed by atoms with Gasteiger partial charge in [0.2, 0.25) is 0 Å². The number of rotatable bonds is 5. The summed E-state index contributed by atoms with van der Waals surface area (Å²) in [4.78, 5) is 17.3. The quantitative estimate of drug-likeness (QED) is 0.390. The maximum atomic E-state index is 12.3. The Morgan fingerprint density at radius 2 is 2.14 bits per heavy atom. The van der Waals surface area contributed by atoms with Crippen molar-refractivity contribution >= 4 is 11.5 Å². The van der Waals surface area contributed by atoms with E-state index in [2.05, 4.69) is 11.7 Å². The summed E-state index contributed by atoms with van der Waals surface area (Å²) in [6.07, 6.45) is 2.39. The predicted octanol–water partition coefficient (Wildman–Crippen LogP) is 3.52. The van der Waals surface area contributed by atoms with E-state index in [9.17, 15) is 9.90 Å². The van der Waals surface area contributed by atoms with E-state index in [0.29, 0.717) is 18.6 Å². The third-order valence-electron chi connectivity index (χ3n) is 3.47. The molecule has 0 spiro atoms. The molecule has 0 radical (unpaired) electrons. The lowest BCUT2D eigenvalue weighted by Gasteiger charge is -2.23. The SMILES string of the molecule is C=CCON=C(C)C1=C(O)CC(c2ccccc2)CC1=O. The standard InChI is InChI=1S/C17H19NO3/c1-3-9-21-18-12(2)17-15(19)10-14(11-16(17)20)13-7-5-4-6-8-13/h3-8,14,19H,1,9-11H2,2H3. The third-order valence-corrected chi connectivity index (χ3v) is 3.47. The number of benzene rings is 1. The summed E-state index contributed by atoms with van der Waals surface area (Å²) in [7, 11) is 0. The first-order valence-corrected chi connectivity index (χ1v) is 6.91. The van der Waals surface area contributed by atoms with E-state index in [1.54, 1.807) is 13.0 Å². The van der Waals surface area contributed by atoms with Crippen LogP contribution in [0.5, 0.6) is 0 Å². The summed E-state index contributed by atoms with van der Waals surface area (Å²) in [5, 5.41) is 14.0. The zero-order valence-corrected chi connectivity index (χ0v) is 12.1. The lowest BCUT2D eigenvalue weighted by atomic mass is 9.81. The number of aliphatic hydroxyl groups excluding tert-OH is 1. The molecule has 2 rings (SSSR count). The van der Waals surface area contributed by atoms with Crippen LogP contribution in [0.15, 0.2) is 59.5 Å². The second kappa shape index (κ2) is 6.88. The van der Waals surface area contributed by atoms with E-state index < -0.39 is 0 Å². The number of aliphatic hydroxyl groups is 1. The third kappa shape index (κ3) is 3.60. The van der Waals surface area contributed by atoms with Gasteiger partial charge in [0.25, 0.3) is 0 Å². The molecule has 0 amide bonds. The van der Waals surface area contributed by atoms with E-state index in [1.807, 2.05) is 30.3 Å². The molecule has 110 valence electrons. The lowest BCUT2D eigenvalue weighted by molar-refractivity contribution is -0.116. The number of Topliss-reactive ketones (excluding diaryl/α,β-unsaturated/α-hetero) is 1. The van der Waals surface area contributed by atoms with Crippen LogP contribution in [0.1, 0.15) is 31.2 Å². The van der Waals surface area contributed by atoms with Crippen molar-refractivity contribution in [2.24, 2.45) is 5.16 Å². The second-order valence-corrected chi connectivity index (χ2v) is 5.02. The van der Waals surface area contributed by atoms with Gasteiger partial charge in [-0.15, -0.1) is 0 Å². The van der Waals surface area contributed by atoms with Gasteiger partial charge in [0.15, 0.2) is 5.78 Å². The Hall–Kier alpha value is -2.36. The Labute approximate surface area is 124 Å². The molecule has 4 heteroatoms. The fraction of sp³-hybridized carbons (Fsp3) is 0.294. The second-order valence-electron chi connectivity index (χ2n) is 5.02. The first-order chi connectivity index (χ1) is 10.1. The maximum Gasteiger partial charge on any atom is 0.168 e. The Morgan fingerprint density at radius 1 is 1.43 bits per heavy atom. The average Bonchev–Trinajstić information content (AvgIpc) is 2.47. The summed E-state index contributed by atoms with van der Waals surface area (Å²) in [6, 6.07) is 9.76. The highest BCUT2D eigenvalue weighted by atomic mass is 16.6. The molecule has 0 aliphatic heterocycles. The fourth-order valence-electron chi connectivity index (χ4n) is 2.50. The van der Waals surface area contributed by atoms with Gasteiger partial charge in [0.1, 0.15) is 12.4 Å². The van der Waals surface area contributed by atoms with Crippen LogP contribution in [0.25, 0.3) is 0 Å². The van der Waals surface area contributed by atoms with Crippen molar-refractivity contribution < 1.29 is 14.7 Å². The first-order valence-electron chi connectivity index (χ1n) is 6.91. The minimum atomic E-state index is -0.101. The minimum Gasteiger partial charge on any atom is -0.511 e. The van der Waals surface area contributed by atoms with Crippen molar-refractivity contribution in [3.63, 3.8) is 0 Å². The molecular formula is C17H19NO3. The number of hydrogen-bond donors (Lipinski definition) is 1. The van der Waals surface area contributed by atoms with Gasteiger partial charge in [0, 0.05) is 12.8 Å². The highest BCUT2D eigenvalue weighted by Gasteiger charge is 2.30. The average molecular weight is 285 g/mol. The molecule has 1 unspecified atom stereocenters. The molecule has 0 heterocycles. The van der Waals surface area contributed by atoms with Gasteiger partial charge in [0.05, 0.1) is 11.3 Å². The van der Waals surface area contributed by atoms with Crippen molar-refractivity contribution in [2.45, 2.75) is 25.7 Å². The number of allylic oxidation sites excluding steroid dienone is 2. The van der Waals surface area contributed by atoms with Crippen molar-refractivity contribution in [3.8, 4) is 0 Å². The number of carbonyl (C=O) groups excluding carboxylic acids is 1. The smallest absolute Gasteiger partial charge is 0.168 e. The monoisotopic (exact) mass is 285 g/mol. The van der Waals surface area contributed by atoms with Crippen LogP contribution in [-0.4, -0.2) is 23.2 Å². The first kappa shape index (κ1) is 15.0. The largest absolute Gasteiger partial charge is 0.511 e. The van der Waals surface area contributed by atoms with E-state index >= 15 is 0 Å². The maximum absolute atomic E-state index is 12.3. The van der Waals surface area contributed by atoms with Crippen LogP contribution in [0, 0.1) is 0 Å². The molecule has 1 aliphatic carbocycles. The molecule has 0 saturated carbocycles.